The number of rotatable bonds is 4. The molecular weight excluding hydrogens is 196 g/mol. The molecule has 0 radical (unpaired) electrons. The molecule has 1 aromatic carbocycles. The van der Waals surface area contributed by atoms with Crippen molar-refractivity contribution in [2.75, 3.05) is 13.1 Å². The van der Waals surface area contributed by atoms with Crippen molar-refractivity contribution < 1.29 is 9.90 Å². The third-order valence-corrected chi connectivity index (χ3v) is 1.67. The van der Waals surface area contributed by atoms with E-state index in [4.69, 9.17) is 10.6 Å². The first kappa shape index (κ1) is 10.9. The molecule has 0 heterocycles. The minimum absolute atomic E-state index is 0.0395. The Labute approximate surface area is 86.2 Å². The van der Waals surface area contributed by atoms with E-state index < -0.39 is 0 Å². The van der Waals surface area contributed by atoms with Crippen LogP contribution in [0.15, 0.2) is 29.4 Å². The second-order valence-corrected chi connectivity index (χ2v) is 2.76. The fraction of sp³-hybridized carbons (Fsp3) is 0.222. The number of amides is 1. The van der Waals surface area contributed by atoms with Crippen molar-refractivity contribution in [3.8, 4) is 5.75 Å². The number of carbonyl (C=O) groups is 1. The molecule has 1 aromatic rings. The van der Waals surface area contributed by atoms with Gasteiger partial charge in [0.2, 0.25) is 0 Å². The Morgan fingerprint density at radius 1 is 1.60 bits per heavy atom. The number of phenolic OH excluding ortho intramolecular Hbond substituents is 1. The molecule has 0 aliphatic heterocycles. The van der Waals surface area contributed by atoms with Crippen LogP contribution in [0.4, 0.5) is 0 Å². The molecule has 0 fully saturated rings. The second kappa shape index (κ2) is 5.51. The molecule has 0 atom stereocenters. The molecule has 6 heteroatoms. The van der Waals surface area contributed by atoms with Crippen LogP contribution in [-0.4, -0.2) is 24.1 Å². The number of aromatic hydroxyl groups is 1. The highest BCUT2D eigenvalue weighted by atomic mass is 16.3. The van der Waals surface area contributed by atoms with Crippen molar-refractivity contribution in [2.45, 2.75) is 0 Å². The molecule has 2 N–H and O–H groups in total. The zero-order valence-electron chi connectivity index (χ0n) is 7.92. The van der Waals surface area contributed by atoms with Crippen molar-refractivity contribution in [1.82, 2.24) is 5.32 Å². The van der Waals surface area contributed by atoms with E-state index in [2.05, 4.69) is 15.3 Å². The van der Waals surface area contributed by atoms with Crippen LogP contribution in [0.1, 0.15) is 10.4 Å². The molecule has 78 valence electrons. The average molecular weight is 206 g/mol. The summed E-state index contributed by atoms with van der Waals surface area (Å²) in [4.78, 5) is 14.0. The Balaban J connectivity index is 2.50. The number of benzene rings is 1. The van der Waals surface area contributed by atoms with Gasteiger partial charge in [0.1, 0.15) is 5.75 Å². The minimum atomic E-state index is -0.306. The molecule has 0 spiro atoms. The topological polar surface area (TPSA) is 98.1 Å². The number of nitrogens with zero attached hydrogens (tertiary/aromatic N) is 3. The molecule has 1 rings (SSSR count). The molecule has 0 saturated heterocycles. The summed E-state index contributed by atoms with van der Waals surface area (Å²) in [7, 11) is 0. The maximum atomic E-state index is 11.4. The largest absolute Gasteiger partial charge is 0.508 e. The lowest BCUT2D eigenvalue weighted by Crippen LogP contribution is -2.25. The van der Waals surface area contributed by atoms with Crippen LogP contribution in [0.3, 0.4) is 0 Å². The fourth-order valence-corrected chi connectivity index (χ4v) is 1.01. The van der Waals surface area contributed by atoms with Crippen LogP contribution in [-0.2, 0) is 0 Å². The third-order valence-electron chi connectivity index (χ3n) is 1.67. The van der Waals surface area contributed by atoms with E-state index >= 15 is 0 Å². The third kappa shape index (κ3) is 3.58. The lowest BCUT2D eigenvalue weighted by atomic mass is 10.2. The van der Waals surface area contributed by atoms with Gasteiger partial charge < -0.3 is 10.4 Å². The summed E-state index contributed by atoms with van der Waals surface area (Å²) in [6.45, 7) is 0.486. The summed E-state index contributed by atoms with van der Waals surface area (Å²) in [5.41, 5.74) is 8.37. The van der Waals surface area contributed by atoms with Crippen LogP contribution < -0.4 is 5.32 Å². The lowest BCUT2D eigenvalue weighted by Gasteiger charge is -2.02. The average Bonchev–Trinajstić information content (AvgIpc) is 2.24. The number of phenols is 1. The van der Waals surface area contributed by atoms with Gasteiger partial charge in [0.15, 0.2) is 0 Å². The van der Waals surface area contributed by atoms with Crippen molar-refractivity contribution in [2.24, 2.45) is 5.11 Å². The van der Waals surface area contributed by atoms with Crippen LogP contribution in [0.2, 0.25) is 0 Å². The van der Waals surface area contributed by atoms with E-state index in [0.717, 1.165) is 0 Å². The Bertz CT molecular complexity index is 399. The summed E-state index contributed by atoms with van der Waals surface area (Å²) in [5, 5.41) is 14.9. The van der Waals surface area contributed by atoms with Gasteiger partial charge in [-0.2, -0.15) is 0 Å². The summed E-state index contributed by atoms with van der Waals surface area (Å²) >= 11 is 0. The van der Waals surface area contributed by atoms with Gasteiger partial charge in [-0.1, -0.05) is 11.2 Å². The normalized spacial score (nSPS) is 9.07. The zero-order valence-corrected chi connectivity index (χ0v) is 7.92. The lowest BCUT2D eigenvalue weighted by molar-refractivity contribution is 0.0954. The van der Waals surface area contributed by atoms with Crippen molar-refractivity contribution in [1.29, 1.82) is 0 Å². The monoisotopic (exact) mass is 206 g/mol. The Hall–Kier alpha value is -2.20. The number of hydrogen-bond donors (Lipinski definition) is 2. The molecule has 6 nitrogen and oxygen atoms in total. The van der Waals surface area contributed by atoms with Gasteiger partial charge in [-0.25, -0.2) is 0 Å². The highest BCUT2D eigenvalue weighted by molar-refractivity contribution is 5.94. The predicted octanol–water partition coefficient (Wildman–Crippen LogP) is 1.43. The minimum Gasteiger partial charge on any atom is -0.508 e. The SMILES string of the molecule is [N-]=[N+]=NCCNC(=O)c1cccc(O)c1. The highest BCUT2D eigenvalue weighted by Crippen LogP contribution is 2.10. The van der Waals surface area contributed by atoms with Gasteiger partial charge >= 0.3 is 0 Å². The van der Waals surface area contributed by atoms with E-state index in [0.29, 0.717) is 5.56 Å². The summed E-state index contributed by atoms with van der Waals surface area (Å²) in [6, 6.07) is 6.01. The zero-order chi connectivity index (χ0) is 11.1. The Kier molecular flexibility index (Phi) is 4.00. The molecule has 0 unspecified atom stereocenters. The predicted molar refractivity (Wildman–Crippen MR) is 54.5 cm³/mol. The summed E-state index contributed by atoms with van der Waals surface area (Å²) < 4.78 is 0. The molecule has 0 aliphatic carbocycles. The summed E-state index contributed by atoms with van der Waals surface area (Å²) in [6.07, 6.45) is 0. The van der Waals surface area contributed by atoms with Gasteiger partial charge in [0.05, 0.1) is 0 Å². The van der Waals surface area contributed by atoms with Gasteiger partial charge in [-0.05, 0) is 23.7 Å². The van der Waals surface area contributed by atoms with E-state index in [1.807, 2.05) is 0 Å². The van der Waals surface area contributed by atoms with Gasteiger partial charge in [-0.15, -0.1) is 0 Å². The standard InChI is InChI=1S/C9H10N4O2/c10-13-12-5-4-11-9(15)7-2-1-3-8(14)6-7/h1-3,6,14H,4-5H2,(H,11,15). The van der Waals surface area contributed by atoms with Gasteiger partial charge in [-0.3, -0.25) is 4.79 Å². The van der Waals surface area contributed by atoms with Crippen LogP contribution in [0.25, 0.3) is 10.4 Å². The fourth-order valence-electron chi connectivity index (χ4n) is 1.01. The molecular formula is C9H10N4O2. The van der Waals surface area contributed by atoms with Crippen LogP contribution >= 0.6 is 0 Å². The number of nitrogens with one attached hydrogen (secondary N) is 1. The number of carbonyl (C=O) groups excluding carboxylic acids is 1. The van der Waals surface area contributed by atoms with Gasteiger partial charge in [0.25, 0.3) is 5.91 Å². The molecule has 0 aliphatic rings. The van der Waals surface area contributed by atoms with E-state index in [9.17, 15) is 4.79 Å². The second-order valence-electron chi connectivity index (χ2n) is 2.76. The van der Waals surface area contributed by atoms with Crippen LogP contribution in [0, 0.1) is 0 Å². The van der Waals surface area contributed by atoms with E-state index in [1.54, 1.807) is 12.1 Å². The van der Waals surface area contributed by atoms with E-state index in [1.165, 1.54) is 12.1 Å². The number of hydrogen-bond acceptors (Lipinski definition) is 3. The first-order valence-corrected chi connectivity index (χ1v) is 4.32. The Morgan fingerprint density at radius 2 is 2.40 bits per heavy atom. The maximum absolute atomic E-state index is 11.4. The molecule has 0 bridgehead atoms. The first-order chi connectivity index (χ1) is 7.24. The van der Waals surface area contributed by atoms with Crippen molar-refractivity contribution in [3.63, 3.8) is 0 Å². The number of azide groups is 1. The smallest absolute Gasteiger partial charge is 0.251 e. The molecule has 0 saturated carbocycles. The summed E-state index contributed by atoms with van der Waals surface area (Å²) in [5.74, 6) is -0.267. The van der Waals surface area contributed by atoms with Crippen molar-refractivity contribution >= 4 is 5.91 Å². The van der Waals surface area contributed by atoms with E-state index in [-0.39, 0.29) is 24.7 Å². The van der Waals surface area contributed by atoms with Crippen LogP contribution in [0.5, 0.6) is 5.75 Å². The molecule has 0 aromatic heterocycles. The van der Waals surface area contributed by atoms with Gasteiger partial charge in [0, 0.05) is 23.6 Å². The maximum Gasteiger partial charge on any atom is 0.251 e. The first-order valence-electron chi connectivity index (χ1n) is 4.32. The Morgan fingerprint density at radius 3 is 3.07 bits per heavy atom. The quantitative estimate of drug-likeness (QED) is 0.337. The molecule has 15 heavy (non-hydrogen) atoms. The molecule has 1 amide bonds. The van der Waals surface area contributed by atoms with Crippen molar-refractivity contribution in [3.05, 3.63) is 40.3 Å². The highest BCUT2D eigenvalue weighted by Gasteiger charge is 2.04.